The maximum absolute atomic E-state index is 6.83. The summed E-state index contributed by atoms with van der Waals surface area (Å²) in [6, 6.07) is 27.5. The van der Waals surface area contributed by atoms with Crippen LogP contribution < -0.4 is 23.7 Å². The number of nitrogens with zero attached hydrogens (tertiary/aromatic N) is 4. The molecule has 0 unspecified atom stereocenters. The molecule has 0 radical (unpaired) electrons. The first kappa shape index (κ1) is 81.7. The maximum Gasteiger partial charge on any atom is 0.161 e. The number of benzene rings is 4. The highest BCUT2D eigenvalue weighted by atomic mass is 32.1. The Bertz CT molecular complexity index is 2910. The van der Waals surface area contributed by atoms with Crippen LogP contribution in [0.1, 0.15) is 356 Å². The third kappa shape index (κ3) is 34.4. The van der Waals surface area contributed by atoms with Crippen LogP contribution in [0.5, 0.6) is 28.7 Å². The van der Waals surface area contributed by atoms with Crippen LogP contribution >= 0.6 is 11.3 Å². The van der Waals surface area contributed by atoms with E-state index in [1.54, 1.807) is 11.3 Å². The zero-order valence-corrected chi connectivity index (χ0v) is 64.0. The predicted octanol–water partition coefficient (Wildman–Crippen LogP) is 28.6. The van der Waals surface area contributed by atoms with Gasteiger partial charge < -0.3 is 23.7 Å². The van der Waals surface area contributed by atoms with E-state index in [2.05, 4.69) is 113 Å². The molecule has 546 valence electrons. The molecule has 98 heavy (non-hydrogen) atoms. The number of aromatic nitrogens is 4. The second kappa shape index (κ2) is 54.5. The molecular weight excluding hydrogens is 1230 g/mol. The molecule has 0 atom stereocenters. The minimum atomic E-state index is 0.635. The summed E-state index contributed by atoms with van der Waals surface area (Å²) in [5.41, 5.74) is 6.97. The lowest BCUT2D eigenvalue weighted by Gasteiger charge is -2.17. The monoisotopic (exact) mass is 1360 g/mol. The van der Waals surface area contributed by atoms with Crippen molar-refractivity contribution >= 4 is 22.4 Å². The average molecular weight is 1360 g/mol. The normalized spacial score (nSPS) is 11.5. The van der Waals surface area contributed by atoms with Crippen molar-refractivity contribution in [2.45, 2.75) is 356 Å². The Kier molecular flexibility index (Phi) is 45.5. The fourth-order valence-electron chi connectivity index (χ4n) is 13.4. The molecule has 0 aliphatic heterocycles. The number of hydrogen-bond donors (Lipinski definition) is 0. The minimum Gasteiger partial charge on any atom is -0.494 e. The Morgan fingerprint density at radius 1 is 0.235 bits per heavy atom. The molecule has 2 heterocycles. The lowest BCUT2D eigenvalue weighted by molar-refractivity contribution is 0.258. The van der Waals surface area contributed by atoms with E-state index in [0.717, 1.165) is 135 Å². The third-order valence-electron chi connectivity index (χ3n) is 19.7. The van der Waals surface area contributed by atoms with E-state index < -0.39 is 0 Å². The van der Waals surface area contributed by atoms with Gasteiger partial charge in [-0.3, -0.25) is 0 Å². The Morgan fingerprint density at radius 3 is 0.837 bits per heavy atom. The molecule has 0 bridgehead atoms. The fraction of sp³-hybridized carbons (Fsp3) is 0.682. The predicted molar refractivity (Wildman–Crippen MR) is 421 cm³/mol. The van der Waals surface area contributed by atoms with Crippen LogP contribution in [0.25, 0.3) is 54.7 Å². The van der Waals surface area contributed by atoms with Gasteiger partial charge in [-0.25, -0.2) is 9.97 Å². The van der Waals surface area contributed by atoms with Crippen molar-refractivity contribution < 1.29 is 23.7 Å². The van der Waals surface area contributed by atoms with Crippen molar-refractivity contribution in [2.75, 3.05) is 33.0 Å². The summed E-state index contributed by atoms with van der Waals surface area (Å²) in [6.07, 6.45) is 64.4. The summed E-state index contributed by atoms with van der Waals surface area (Å²) in [6.45, 7) is 14.8. The van der Waals surface area contributed by atoms with Crippen molar-refractivity contribution in [1.29, 1.82) is 0 Å². The summed E-state index contributed by atoms with van der Waals surface area (Å²) in [7, 11) is 0. The number of rotatable bonds is 64. The van der Waals surface area contributed by atoms with Gasteiger partial charge in [0.25, 0.3) is 0 Å². The molecule has 9 nitrogen and oxygen atoms in total. The first-order valence-electron chi connectivity index (χ1n) is 41.2. The van der Waals surface area contributed by atoms with Crippen LogP contribution in [0.3, 0.4) is 0 Å². The van der Waals surface area contributed by atoms with Crippen molar-refractivity contribution in [2.24, 2.45) is 0 Å². The van der Waals surface area contributed by atoms with Gasteiger partial charge in [0.05, 0.1) is 55.5 Å². The van der Waals surface area contributed by atoms with E-state index in [0.29, 0.717) is 26.4 Å². The van der Waals surface area contributed by atoms with Crippen molar-refractivity contribution in [3.05, 3.63) is 78.9 Å². The van der Waals surface area contributed by atoms with E-state index in [4.69, 9.17) is 43.8 Å². The Labute approximate surface area is 602 Å². The molecule has 0 amide bonds. The zero-order chi connectivity index (χ0) is 68.8. The second-order valence-corrected chi connectivity index (χ2v) is 29.5. The van der Waals surface area contributed by atoms with Gasteiger partial charge in [0, 0.05) is 22.3 Å². The van der Waals surface area contributed by atoms with Gasteiger partial charge in [0.2, 0.25) is 0 Å². The van der Waals surface area contributed by atoms with Gasteiger partial charge in [0.15, 0.2) is 23.0 Å². The Balaban J connectivity index is 1.25. The van der Waals surface area contributed by atoms with E-state index >= 15 is 0 Å². The maximum atomic E-state index is 6.83. The van der Waals surface area contributed by atoms with Crippen LogP contribution in [0, 0.1) is 0 Å². The smallest absolute Gasteiger partial charge is 0.161 e. The highest BCUT2D eigenvalue weighted by Crippen LogP contribution is 2.41. The van der Waals surface area contributed by atoms with Gasteiger partial charge in [-0.2, -0.15) is 0 Å². The summed E-state index contributed by atoms with van der Waals surface area (Å²) >= 11 is 1.59. The molecular formula is C88H138N4O5S. The summed E-state index contributed by atoms with van der Waals surface area (Å²) in [5, 5.41) is 11.2. The molecule has 10 heteroatoms. The highest BCUT2D eigenvalue weighted by Gasteiger charge is 2.20. The number of unbranched alkanes of at least 4 members (excludes halogenated alkanes) is 45. The molecule has 0 aliphatic rings. The quantitative estimate of drug-likeness (QED) is 0.0346. The molecule has 0 spiro atoms. The van der Waals surface area contributed by atoms with Crippen LogP contribution in [0.15, 0.2) is 78.9 Å². The van der Waals surface area contributed by atoms with Crippen molar-refractivity contribution in [3.63, 3.8) is 0 Å². The van der Waals surface area contributed by atoms with Crippen molar-refractivity contribution in [1.82, 2.24) is 20.2 Å². The molecule has 4 aromatic carbocycles. The number of ether oxygens (including phenoxy) is 5. The molecule has 0 N–H and O–H groups in total. The summed E-state index contributed by atoms with van der Waals surface area (Å²) < 4.78 is 33.2. The molecule has 0 saturated carbocycles. The molecule has 6 rings (SSSR count). The largest absolute Gasteiger partial charge is 0.494 e. The van der Waals surface area contributed by atoms with Gasteiger partial charge in [0.1, 0.15) is 15.8 Å². The van der Waals surface area contributed by atoms with Gasteiger partial charge in [-0.05, 0) is 111 Å². The lowest BCUT2D eigenvalue weighted by atomic mass is 10.0. The first-order valence-corrected chi connectivity index (χ1v) is 42.1. The Morgan fingerprint density at radius 2 is 0.500 bits per heavy atom. The van der Waals surface area contributed by atoms with Gasteiger partial charge in [-0.1, -0.05) is 335 Å². The van der Waals surface area contributed by atoms with E-state index in [-0.39, 0.29) is 0 Å². The lowest BCUT2D eigenvalue weighted by Crippen LogP contribution is -2.04. The second-order valence-electron chi connectivity index (χ2n) is 28.5. The molecule has 0 saturated heterocycles. The van der Waals surface area contributed by atoms with Crippen LogP contribution in [-0.2, 0) is 0 Å². The fourth-order valence-corrected chi connectivity index (χ4v) is 14.2. The van der Waals surface area contributed by atoms with Crippen molar-refractivity contribution in [3.8, 4) is 72.4 Å². The Hall–Kier alpha value is -5.22. The summed E-state index contributed by atoms with van der Waals surface area (Å²) in [5.74, 6) is 4.01. The number of hydrogen-bond acceptors (Lipinski definition) is 10. The molecule has 0 aliphatic carbocycles. The van der Waals surface area contributed by atoms with Gasteiger partial charge >= 0.3 is 0 Å². The minimum absolute atomic E-state index is 0.635. The van der Waals surface area contributed by atoms with E-state index in [1.807, 2.05) is 0 Å². The van der Waals surface area contributed by atoms with Crippen LogP contribution in [0.2, 0.25) is 0 Å². The average Bonchev–Trinajstić information content (AvgIpc) is 0.979. The molecule has 2 aromatic heterocycles. The molecule has 0 fully saturated rings. The number of fused-ring (bicyclic) bond motifs is 1. The molecule has 6 aromatic rings. The highest BCUT2D eigenvalue weighted by molar-refractivity contribution is 7.17. The van der Waals surface area contributed by atoms with E-state index in [1.165, 1.54) is 276 Å². The van der Waals surface area contributed by atoms with E-state index in [9.17, 15) is 0 Å². The summed E-state index contributed by atoms with van der Waals surface area (Å²) in [4.78, 5) is 11.2. The third-order valence-corrected chi connectivity index (χ3v) is 20.7. The SMILES string of the molecule is CCCCCCCCCCCCOc1ccc(-c2nnc(-c3ccc4nc(-c5ccc(OCCCCCCCCCCCC)c(OCCCCCCCCCCCC)c5)c(-c5ccc(OCCCCCCCCCCCC)c(OCCCCCCCCCCCC)c5)nc4c3)s2)cc1. The van der Waals surface area contributed by atoms with Crippen LogP contribution in [-0.4, -0.2) is 53.2 Å². The standard InChI is InChI=1S/C88H138N4O5S/c1-6-11-16-21-26-31-36-41-46-51-66-93-78-61-56-74(57-62-78)87-91-92-88(98-87)77-58-63-79-80(71-77)90-86(76-60-65-82(95-68-53-48-43-38-33-28-23-18-13-8-3)84(73-76)97-70-55-50-45-40-35-30-25-20-15-10-5)85(89-79)75-59-64-81(94-67-52-47-42-37-32-27-22-17-12-7-2)83(72-75)96-69-54-49-44-39-34-29-24-19-14-9-4/h56-65,71-73H,6-55,66-70H2,1-5H3. The van der Waals surface area contributed by atoms with Gasteiger partial charge in [-0.15, -0.1) is 10.2 Å². The zero-order valence-electron chi connectivity index (χ0n) is 63.1. The topological polar surface area (TPSA) is 97.7 Å². The van der Waals surface area contributed by atoms with Crippen LogP contribution in [0.4, 0.5) is 0 Å². The first-order chi connectivity index (χ1) is 48.5.